The highest BCUT2D eigenvalue weighted by Gasteiger charge is 2.63. The van der Waals surface area contributed by atoms with E-state index in [0.717, 1.165) is 43.0 Å². The summed E-state index contributed by atoms with van der Waals surface area (Å²) in [5.74, 6) is 1.59. The van der Waals surface area contributed by atoms with Gasteiger partial charge in [0, 0.05) is 55.8 Å². The van der Waals surface area contributed by atoms with Crippen molar-refractivity contribution in [2.75, 3.05) is 24.5 Å². The lowest BCUT2D eigenvalue weighted by atomic mass is 9.73. The van der Waals surface area contributed by atoms with Crippen LogP contribution in [0.4, 0.5) is 5.82 Å². The van der Waals surface area contributed by atoms with Crippen LogP contribution in [0.5, 0.6) is 0 Å². The Morgan fingerprint density at radius 2 is 2.21 bits per heavy atom. The number of aromatic nitrogens is 3. The van der Waals surface area contributed by atoms with Gasteiger partial charge >= 0.3 is 0 Å². The molecule has 3 aliphatic rings. The fourth-order valence-corrected chi connectivity index (χ4v) is 5.17. The van der Waals surface area contributed by atoms with E-state index >= 15 is 0 Å². The number of rotatable bonds is 4. The number of carbonyl (C=O) groups excluding carboxylic acids is 1. The molecule has 4 atom stereocenters. The van der Waals surface area contributed by atoms with Gasteiger partial charge in [-0.25, -0.2) is 4.98 Å². The smallest absolute Gasteiger partial charge is 0.252 e. The van der Waals surface area contributed by atoms with Crippen LogP contribution in [0, 0.1) is 25.7 Å². The zero-order valence-electron chi connectivity index (χ0n) is 16.3. The summed E-state index contributed by atoms with van der Waals surface area (Å²) in [5, 5.41) is 3.13. The molecule has 5 heterocycles. The van der Waals surface area contributed by atoms with E-state index in [2.05, 4.69) is 25.2 Å². The van der Waals surface area contributed by atoms with E-state index in [-0.39, 0.29) is 17.6 Å². The lowest BCUT2D eigenvalue weighted by molar-refractivity contribution is 0.0141. The van der Waals surface area contributed by atoms with Gasteiger partial charge in [-0.1, -0.05) is 0 Å². The number of nitrogens with one attached hydrogen (secondary N) is 1. The zero-order valence-corrected chi connectivity index (χ0v) is 16.3. The number of amides is 1. The van der Waals surface area contributed by atoms with Crippen molar-refractivity contribution in [2.45, 2.75) is 38.4 Å². The summed E-state index contributed by atoms with van der Waals surface area (Å²) in [6, 6.07) is 1.90. The third kappa shape index (κ3) is 2.76. The Bertz CT molecular complexity index is 905. The number of carbonyl (C=O) groups is 1. The number of ether oxygens (including phenoxy) is 1. The SMILES string of the molecule is Cc1cc(C(=O)NC[C@H]2[C@H]3CN(c4cnccn4)C[C@]34CC[C@H]2O4)cnc1C. The number of nitrogens with zero attached hydrogens (tertiary/aromatic N) is 4. The van der Waals surface area contributed by atoms with Gasteiger partial charge in [0.15, 0.2) is 0 Å². The van der Waals surface area contributed by atoms with E-state index in [1.54, 1.807) is 18.6 Å². The summed E-state index contributed by atoms with van der Waals surface area (Å²) in [7, 11) is 0. The van der Waals surface area contributed by atoms with Crippen LogP contribution in [-0.2, 0) is 4.74 Å². The molecule has 2 aromatic heterocycles. The molecular weight excluding hydrogens is 354 g/mol. The molecule has 2 bridgehead atoms. The van der Waals surface area contributed by atoms with Gasteiger partial charge in [-0.05, 0) is 38.3 Å². The van der Waals surface area contributed by atoms with Crippen LogP contribution in [0.15, 0.2) is 30.9 Å². The molecule has 0 aromatic carbocycles. The molecule has 1 N–H and O–H groups in total. The van der Waals surface area contributed by atoms with Gasteiger partial charge in [-0.2, -0.15) is 0 Å². The fourth-order valence-electron chi connectivity index (χ4n) is 5.17. The highest BCUT2D eigenvalue weighted by atomic mass is 16.5. The molecule has 0 aliphatic carbocycles. The second-order valence-corrected chi connectivity index (χ2v) is 8.31. The number of anilines is 1. The van der Waals surface area contributed by atoms with Gasteiger partial charge in [0.2, 0.25) is 0 Å². The molecule has 3 fully saturated rings. The summed E-state index contributed by atoms with van der Waals surface area (Å²) < 4.78 is 6.47. The third-order valence-corrected chi connectivity index (χ3v) is 6.76. The average Bonchev–Trinajstić information content (AvgIpc) is 3.37. The Kier molecular flexibility index (Phi) is 4.08. The van der Waals surface area contributed by atoms with Crippen LogP contribution < -0.4 is 10.2 Å². The Labute approximate surface area is 164 Å². The minimum absolute atomic E-state index is 0.0591. The molecule has 2 aromatic rings. The van der Waals surface area contributed by atoms with Gasteiger partial charge in [-0.3, -0.25) is 14.8 Å². The maximum Gasteiger partial charge on any atom is 0.252 e. The molecule has 3 aliphatic heterocycles. The fraction of sp³-hybridized carbons (Fsp3) is 0.524. The predicted molar refractivity (Wildman–Crippen MR) is 104 cm³/mol. The predicted octanol–water partition coefficient (Wildman–Crippen LogP) is 1.90. The van der Waals surface area contributed by atoms with E-state index in [0.29, 0.717) is 23.9 Å². The van der Waals surface area contributed by atoms with Crippen molar-refractivity contribution < 1.29 is 9.53 Å². The van der Waals surface area contributed by atoms with Crippen molar-refractivity contribution in [1.82, 2.24) is 20.3 Å². The van der Waals surface area contributed by atoms with Crippen LogP contribution in [-0.4, -0.2) is 52.2 Å². The Balaban J connectivity index is 1.29. The number of hydrogen-bond acceptors (Lipinski definition) is 6. The van der Waals surface area contributed by atoms with Gasteiger partial charge in [0.25, 0.3) is 5.91 Å². The average molecular weight is 379 g/mol. The van der Waals surface area contributed by atoms with Crippen LogP contribution in [0.25, 0.3) is 0 Å². The van der Waals surface area contributed by atoms with E-state index in [4.69, 9.17) is 4.74 Å². The Morgan fingerprint density at radius 1 is 1.32 bits per heavy atom. The minimum atomic E-state index is -0.0976. The van der Waals surface area contributed by atoms with Gasteiger partial charge in [-0.15, -0.1) is 0 Å². The second kappa shape index (κ2) is 6.51. The Hall–Kier alpha value is -2.54. The van der Waals surface area contributed by atoms with Crippen molar-refractivity contribution in [2.24, 2.45) is 11.8 Å². The first kappa shape index (κ1) is 17.6. The summed E-state index contributed by atoms with van der Waals surface area (Å²) in [6.45, 7) is 6.33. The van der Waals surface area contributed by atoms with Crippen molar-refractivity contribution in [3.8, 4) is 0 Å². The number of aryl methyl sites for hydroxylation is 2. The summed E-state index contributed by atoms with van der Waals surface area (Å²) in [6.07, 6.45) is 9.29. The van der Waals surface area contributed by atoms with Crippen LogP contribution >= 0.6 is 0 Å². The summed E-state index contributed by atoms with van der Waals surface area (Å²) in [4.78, 5) is 27.9. The standard InChI is InChI=1S/C21H25N5O2/c1-13-7-15(8-24-14(13)2)20(27)25-9-16-17-11-26(19-10-22-5-6-23-19)12-21(17)4-3-18(16)28-21/h5-8,10,16-18H,3-4,9,11-12H2,1-2H3,(H,25,27)/t16-,17+,18+,21+/m0/s1. The van der Waals surface area contributed by atoms with Crippen LogP contribution in [0.1, 0.15) is 34.5 Å². The van der Waals surface area contributed by atoms with Gasteiger partial charge in [0.1, 0.15) is 5.82 Å². The number of fused-ring (bicyclic) bond motifs is 1. The van der Waals surface area contributed by atoms with Crippen molar-refractivity contribution in [3.05, 3.63) is 47.7 Å². The molecule has 5 rings (SSSR count). The molecule has 7 nitrogen and oxygen atoms in total. The molecule has 28 heavy (non-hydrogen) atoms. The molecule has 3 saturated heterocycles. The van der Waals surface area contributed by atoms with Crippen molar-refractivity contribution in [1.29, 1.82) is 0 Å². The van der Waals surface area contributed by atoms with Gasteiger partial charge < -0.3 is 15.0 Å². The first-order valence-electron chi connectivity index (χ1n) is 9.96. The normalized spacial score (nSPS) is 30.5. The quantitative estimate of drug-likeness (QED) is 0.874. The lowest BCUT2D eigenvalue weighted by Gasteiger charge is -2.29. The number of pyridine rings is 1. The highest BCUT2D eigenvalue weighted by molar-refractivity contribution is 5.94. The maximum atomic E-state index is 12.6. The molecule has 146 valence electrons. The monoisotopic (exact) mass is 379 g/mol. The first-order valence-corrected chi connectivity index (χ1v) is 9.96. The van der Waals surface area contributed by atoms with Crippen molar-refractivity contribution in [3.63, 3.8) is 0 Å². The molecule has 0 unspecified atom stereocenters. The molecule has 0 radical (unpaired) electrons. The van der Waals surface area contributed by atoms with Crippen LogP contribution in [0.3, 0.4) is 0 Å². The van der Waals surface area contributed by atoms with E-state index in [9.17, 15) is 4.79 Å². The summed E-state index contributed by atoms with van der Waals surface area (Å²) in [5.41, 5.74) is 2.51. The van der Waals surface area contributed by atoms with E-state index < -0.39 is 0 Å². The molecule has 0 saturated carbocycles. The largest absolute Gasteiger partial charge is 0.369 e. The lowest BCUT2D eigenvalue weighted by Crippen LogP contribution is -2.41. The molecule has 7 heteroatoms. The van der Waals surface area contributed by atoms with E-state index in [1.807, 2.05) is 26.1 Å². The zero-order chi connectivity index (χ0) is 19.3. The second-order valence-electron chi connectivity index (χ2n) is 8.31. The highest BCUT2D eigenvalue weighted by Crippen LogP contribution is 2.55. The van der Waals surface area contributed by atoms with E-state index in [1.165, 1.54) is 0 Å². The summed E-state index contributed by atoms with van der Waals surface area (Å²) >= 11 is 0. The molecule has 1 spiro atoms. The molecular formula is C21H25N5O2. The Morgan fingerprint density at radius 3 is 3.00 bits per heavy atom. The topological polar surface area (TPSA) is 80.2 Å². The maximum absolute atomic E-state index is 12.6. The van der Waals surface area contributed by atoms with Crippen molar-refractivity contribution >= 4 is 11.7 Å². The van der Waals surface area contributed by atoms with Crippen LogP contribution in [0.2, 0.25) is 0 Å². The molecule has 1 amide bonds. The minimum Gasteiger partial charge on any atom is -0.369 e. The third-order valence-electron chi connectivity index (χ3n) is 6.76. The first-order chi connectivity index (χ1) is 13.6. The van der Waals surface area contributed by atoms with Gasteiger partial charge in [0.05, 0.1) is 23.5 Å². The number of hydrogen-bond donors (Lipinski definition) is 1.